The van der Waals surface area contributed by atoms with E-state index >= 15 is 0 Å². The second-order valence-electron chi connectivity index (χ2n) is 5.44. The lowest BCUT2D eigenvalue weighted by molar-refractivity contribution is 0.440. The number of hydrogen-bond donors (Lipinski definition) is 1. The molecule has 1 N–H and O–H groups in total. The fraction of sp³-hybridized carbons (Fsp3) is 0.562. The van der Waals surface area contributed by atoms with E-state index in [1.165, 1.54) is 50.5 Å². The van der Waals surface area contributed by atoms with Gasteiger partial charge < -0.3 is 5.41 Å². The molecule has 0 atom stereocenters. The van der Waals surface area contributed by atoms with Crippen molar-refractivity contribution < 1.29 is 0 Å². The Morgan fingerprint density at radius 1 is 1.00 bits per heavy atom. The molecule has 1 aliphatic carbocycles. The van der Waals surface area contributed by atoms with Crippen LogP contribution in [0, 0.1) is 5.41 Å². The molecule has 1 saturated carbocycles. The van der Waals surface area contributed by atoms with Crippen molar-refractivity contribution in [3.63, 3.8) is 0 Å². The maximum absolute atomic E-state index is 7.66. The van der Waals surface area contributed by atoms with Crippen LogP contribution in [0.1, 0.15) is 63.0 Å². The third-order valence-corrected chi connectivity index (χ3v) is 5.68. The molecule has 0 amide bonds. The van der Waals surface area contributed by atoms with Gasteiger partial charge in [0.05, 0.1) is 0 Å². The number of halogens is 1. The Morgan fingerprint density at radius 3 is 2.00 bits per heavy atom. The predicted octanol–water partition coefficient (Wildman–Crippen LogP) is 5.45. The van der Waals surface area contributed by atoms with Gasteiger partial charge in [0.15, 0.2) is 0 Å². The van der Waals surface area contributed by atoms with Gasteiger partial charge in [0.2, 0.25) is 0 Å². The summed E-state index contributed by atoms with van der Waals surface area (Å²) in [5.74, 6) is 0. The van der Waals surface area contributed by atoms with E-state index in [2.05, 4.69) is 46.9 Å². The second kappa shape index (κ2) is 6.18. The number of alkyl halides is 1. The third-order valence-electron chi connectivity index (χ3n) is 3.98. The van der Waals surface area contributed by atoms with E-state index in [4.69, 9.17) is 5.41 Å². The van der Waals surface area contributed by atoms with Crippen LogP contribution in [-0.2, 0) is 3.42 Å². The average Bonchev–Trinajstić information content (AvgIpc) is 2.34. The number of benzene rings is 1. The van der Waals surface area contributed by atoms with Gasteiger partial charge in [0.1, 0.15) is 0 Å². The summed E-state index contributed by atoms with van der Waals surface area (Å²) in [6.45, 7) is 1.85. The smallest absolute Gasteiger partial charge is 0.0470 e. The Kier molecular flexibility index (Phi) is 4.82. The highest BCUT2D eigenvalue weighted by Gasteiger charge is 2.28. The van der Waals surface area contributed by atoms with Crippen molar-refractivity contribution in [1.82, 2.24) is 0 Å². The molecule has 1 fully saturated rings. The van der Waals surface area contributed by atoms with Crippen molar-refractivity contribution in [3.8, 4) is 0 Å². The van der Waals surface area contributed by atoms with Crippen LogP contribution in [0.4, 0.5) is 0 Å². The van der Waals surface area contributed by atoms with E-state index in [9.17, 15) is 0 Å². The van der Waals surface area contributed by atoms with Crippen LogP contribution in [0.3, 0.4) is 0 Å². The molecule has 0 heterocycles. The molecule has 98 valence electrons. The summed E-state index contributed by atoms with van der Waals surface area (Å²) >= 11 is 2.67. The Bertz CT molecular complexity index is 400. The van der Waals surface area contributed by atoms with Crippen LogP contribution < -0.4 is 0 Å². The minimum Gasteiger partial charge on any atom is -0.305 e. The molecular weight excluding hydrogens is 333 g/mol. The highest BCUT2D eigenvalue weighted by Crippen LogP contribution is 2.43. The van der Waals surface area contributed by atoms with Crippen LogP contribution in [0.15, 0.2) is 24.3 Å². The molecule has 1 nitrogen and oxygen atoms in total. The third kappa shape index (κ3) is 3.34. The summed E-state index contributed by atoms with van der Waals surface area (Å²) in [7, 11) is 0. The summed E-state index contributed by atoms with van der Waals surface area (Å²) in [5.41, 5.74) is 3.15. The van der Waals surface area contributed by atoms with Crippen molar-refractivity contribution in [2.24, 2.45) is 0 Å². The van der Waals surface area contributed by atoms with Crippen molar-refractivity contribution in [2.75, 3.05) is 0 Å². The maximum Gasteiger partial charge on any atom is 0.0470 e. The lowest BCUT2D eigenvalue weighted by atomic mass is 9.85. The molecule has 1 aromatic rings. The largest absolute Gasteiger partial charge is 0.305 e. The summed E-state index contributed by atoms with van der Waals surface area (Å²) in [6.07, 6.45) is 9.51. The minimum atomic E-state index is 0.326. The first-order valence-corrected chi connectivity index (χ1v) is 8.05. The molecule has 0 spiro atoms. The zero-order chi connectivity index (χ0) is 13.0. The number of hydrogen-bond acceptors (Lipinski definition) is 1. The van der Waals surface area contributed by atoms with Crippen molar-refractivity contribution in [1.29, 1.82) is 5.41 Å². The van der Waals surface area contributed by atoms with Crippen LogP contribution >= 0.6 is 22.6 Å². The number of rotatable bonds is 2. The molecular formula is C16H22IN. The van der Waals surface area contributed by atoms with Gasteiger partial charge in [0.25, 0.3) is 0 Å². The zero-order valence-electron chi connectivity index (χ0n) is 11.1. The van der Waals surface area contributed by atoms with Crippen molar-refractivity contribution >= 4 is 28.3 Å². The van der Waals surface area contributed by atoms with Gasteiger partial charge in [-0.1, -0.05) is 79.0 Å². The highest BCUT2D eigenvalue weighted by atomic mass is 127. The summed E-state index contributed by atoms with van der Waals surface area (Å²) in [4.78, 5) is 0. The van der Waals surface area contributed by atoms with E-state index in [1.54, 1.807) is 0 Å². The average molecular weight is 355 g/mol. The quantitative estimate of drug-likeness (QED) is 0.414. The Hall–Kier alpha value is -0.380. The molecule has 0 unspecified atom stereocenters. The minimum absolute atomic E-state index is 0.326. The summed E-state index contributed by atoms with van der Waals surface area (Å²) < 4.78 is 0.326. The van der Waals surface area contributed by atoms with E-state index in [1.807, 2.05) is 6.92 Å². The van der Waals surface area contributed by atoms with E-state index in [0.717, 1.165) is 5.56 Å². The van der Waals surface area contributed by atoms with Gasteiger partial charge in [-0.15, -0.1) is 0 Å². The summed E-state index contributed by atoms with van der Waals surface area (Å²) in [6, 6.07) is 8.69. The van der Waals surface area contributed by atoms with Gasteiger partial charge in [0, 0.05) is 9.13 Å². The van der Waals surface area contributed by atoms with E-state index < -0.39 is 0 Å². The molecule has 0 saturated heterocycles. The lowest BCUT2D eigenvalue weighted by Crippen LogP contribution is -2.19. The van der Waals surface area contributed by atoms with Crippen LogP contribution in [0.25, 0.3) is 0 Å². The first-order chi connectivity index (χ1) is 8.62. The van der Waals surface area contributed by atoms with Crippen LogP contribution in [0.2, 0.25) is 0 Å². The standard InChI is InChI=1S/C16H22IN/c1-13(18)14-7-9-15(10-8-14)16(17)11-5-3-2-4-6-12-16/h7-10,18H,2-6,11-12H2,1H3. The highest BCUT2D eigenvalue weighted by molar-refractivity contribution is 14.1. The van der Waals surface area contributed by atoms with E-state index in [-0.39, 0.29) is 0 Å². The van der Waals surface area contributed by atoms with Gasteiger partial charge in [-0.05, 0) is 30.9 Å². The van der Waals surface area contributed by atoms with Crippen molar-refractivity contribution in [3.05, 3.63) is 35.4 Å². The maximum atomic E-state index is 7.66. The Morgan fingerprint density at radius 2 is 1.50 bits per heavy atom. The fourth-order valence-corrected chi connectivity index (χ4v) is 3.90. The van der Waals surface area contributed by atoms with Gasteiger partial charge in [-0.3, -0.25) is 0 Å². The SMILES string of the molecule is CC(=N)c1ccc(C2(I)CCCCCCC2)cc1. The van der Waals surface area contributed by atoms with Gasteiger partial charge >= 0.3 is 0 Å². The second-order valence-corrected chi connectivity index (χ2v) is 7.50. The van der Waals surface area contributed by atoms with Gasteiger partial charge in [-0.2, -0.15) is 0 Å². The predicted molar refractivity (Wildman–Crippen MR) is 87.0 cm³/mol. The first-order valence-electron chi connectivity index (χ1n) is 6.97. The van der Waals surface area contributed by atoms with Crippen LogP contribution in [-0.4, -0.2) is 5.71 Å². The molecule has 2 rings (SSSR count). The fourth-order valence-electron chi connectivity index (χ4n) is 2.77. The van der Waals surface area contributed by atoms with Crippen molar-refractivity contribution in [2.45, 2.75) is 55.3 Å². The molecule has 1 aliphatic rings. The monoisotopic (exact) mass is 355 g/mol. The molecule has 0 aliphatic heterocycles. The zero-order valence-corrected chi connectivity index (χ0v) is 13.3. The Balaban J connectivity index is 2.19. The van der Waals surface area contributed by atoms with E-state index in [0.29, 0.717) is 9.13 Å². The molecule has 18 heavy (non-hydrogen) atoms. The molecule has 2 heteroatoms. The molecule has 0 bridgehead atoms. The topological polar surface area (TPSA) is 23.9 Å². The molecule has 1 aromatic carbocycles. The Labute approximate surface area is 124 Å². The lowest BCUT2D eigenvalue weighted by Gasteiger charge is -2.30. The first kappa shape index (κ1) is 14.0. The molecule has 0 radical (unpaired) electrons. The number of nitrogens with one attached hydrogen (secondary N) is 1. The van der Waals surface area contributed by atoms with Gasteiger partial charge in [-0.25, -0.2) is 0 Å². The normalized spacial score (nSPS) is 19.9. The van der Waals surface area contributed by atoms with Crippen LogP contribution in [0.5, 0.6) is 0 Å². The summed E-state index contributed by atoms with van der Waals surface area (Å²) in [5, 5.41) is 7.66. The molecule has 0 aromatic heterocycles.